The molecule has 1 fully saturated rings. The molecule has 1 N–H and O–H groups in total. The molecule has 0 aromatic carbocycles. The SMILES string of the molecule is CCn1c(SC2CCCC(=O)C2)n[nH]c1=O. The van der Waals surface area contributed by atoms with Gasteiger partial charge in [0.05, 0.1) is 0 Å². The minimum absolute atomic E-state index is 0.174. The Bertz CT molecular complexity index is 438. The van der Waals surface area contributed by atoms with Gasteiger partial charge in [-0.05, 0) is 19.8 Å². The minimum Gasteiger partial charge on any atom is -0.300 e. The number of hydrogen-bond acceptors (Lipinski definition) is 4. The predicted octanol–water partition coefficient (Wildman–Crippen LogP) is 1.20. The van der Waals surface area contributed by atoms with E-state index in [0.717, 1.165) is 12.8 Å². The standard InChI is InChI=1S/C10H15N3O2S/c1-2-13-9(15)11-12-10(13)16-8-5-3-4-7(14)6-8/h8H,2-6H2,1H3,(H,11,15). The van der Waals surface area contributed by atoms with Gasteiger partial charge in [-0.2, -0.15) is 0 Å². The molecule has 0 spiro atoms. The van der Waals surface area contributed by atoms with Crippen LogP contribution in [0.5, 0.6) is 0 Å². The molecular weight excluding hydrogens is 226 g/mol. The van der Waals surface area contributed by atoms with Crippen LogP contribution in [0.2, 0.25) is 0 Å². The molecule has 1 aromatic heterocycles. The molecule has 0 bridgehead atoms. The number of ketones is 1. The van der Waals surface area contributed by atoms with Crippen molar-refractivity contribution >= 4 is 17.5 Å². The molecule has 2 rings (SSSR count). The molecule has 0 saturated heterocycles. The zero-order chi connectivity index (χ0) is 11.5. The number of carbonyl (C=O) groups excluding carboxylic acids is 1. The van der Waals surface area contributed by atoms with E-state index in [1.807, 2.05) is 6.92 Å². The summed E-state index contributed by atoms with van der Waals surface area (Å²) in [7, 11) is 0. The highest BCUT2D eigenvalue weighted by atomic mass is 32.2. The Morgan fingerprint density at radius 3 is 3.06 bits per heavy atom. The van der Waals surface area contributed by atoms with E-state index in [0.29, 0.717) is 30.3 Å². The van der Waals surface area contributed by atoms with E-state index in [1.54, 1.807) is 16.3 Å². The fourth-order valence-corrected chi connectivity index (χ4v) is 3.20. The number of aromatic amines is 1. The summed E-state index contributed by atoms with van der Waals surface area (Å²) in [6, 6.07) is 0. The molecule has 1 heterocycles. The van der Waals surface area contributed by atoms with Crippen molar-refractivity contribution in [2.75, 3.05) is 0 Å². The fraction of sp³-hybridized carbons (Fsp3) is 0.700. The van der Waals surface area contributed by atoms with E-state index >= 15 is 0 Å². The smallest absolute Gasteiger partial charge is 0.300 e. The summed E-state index contributed by atoms with van der Waals surface area (Å²) < 4.78 is 1.60. The first-order valence-corrected chi connectivity index (χ1v) is 6.42. The van der Waals surface area contributed by atoms with Crippen molar-refractivity contribution in [3.05, 3.63) is 10.5 Å². The van der Waals surface area contributed by atoms with Gasteiger partial charge in [-0.1, -0.05) is 11.8 Å². The van der Waals surface area contributed by atoms with Crippen LogP contribution in [0, 0.1) is 0 Å². The molecule has 1 unspecified atom stereocenters. The van der Waals surface area contributed by atoms with Crippen LogP contribution in [-0.4, -0.2) is 25.8 Å². The molecule has 6 heteroatoms. The average molecular weight is 241 g/mol. The third-order valence-electron chi connectivity index (χ3n) is 2.75. The average Bonchev–Trinajstić information content (AvgIpc) is 2.59. The maximum absolute atomic E-state index is 11.3. The molecule has 5 nitrogen and oxygen atoms in total. The number of carbonyl (C=O) groups is 1. The molecule has 1 saturated carbocycles. The number of thioether (sulfide) groups is 1. The Hall–Kier alpha value is -1.04. The molecule has 1 aliphatic rings. The molecule has 0 radical (unpaired) electrons. The number of nitrogens with one attached hydrogen (secondary N) is 1. The lowest BCUT2D eigenvalue weighted by atomic mass is 9.99. The van der Waals surface area contributed by atoms with Crippen molar-refractivity contribution in [3.63, 3.8) is 0 Å². The monoisotopic (exact) mass is 241 g/mol. The van der Waals surface area contributed by atoms with E-state index in [2.05, 4.69) is 10.2 Å². The quantitative estimate of drug-likeness (QED) is 0.863. The van der Waals surface area contributed by atoms with E-state index in [9.17, 15) is 9.59 Å². The highest BCUT2D eigenvalue weighted by Crippen LogP contribution is 2.30. The zero-order valence-corrected chi connectivity index (χ0v) is 10.0. The summed E-state index contributed by atoms with van der Waals surface area (Å²) in [5, 5.41) is 7.40. The van der Waals surface area contributed by atoms with Crippen LogP contribution >= 0.6 is 11.8 Å². The van der Waals surface area contributed by atoms with Gasteiger partial charge in [0.1, 0.15) is 5.78 Å². The van der Waals surface area contributed by atoms with Crippen LogP contribution in [0.1, 0.15) is 32.6 Å². The largest absolute Gasteiger partial charge is 0.343 e. The first-order chi connectivity index (χ1) is 7.70. The minimum atomic E-state index is -0.174. The van der Waals surface area contributed by atoms with Crippen LogP contribution in [0.15, 0.2) is 9.95 Å². The van der Waals surface area contributed by atoms with Gasteiger partial charge in [-0.15, -0.1) is 5.10 Å². The van der Waals surface area contributed by atoms with Crippen molar-refractivity contribution in [2.45, 2.75) is 49.6 Å². The third kappa shape index (κ3) is 2.37. The van der Waals surface area contributed by atoms with Gasteiger partial charge in [0.2, 0.25) is 0 Å². The fourth-order valence-electron chi connectivity index (χ4n) is 1.91. The van der Waals surface area contributed by atoms with Crippen molar-refractivity contribution in [3.8, 4) is 0 Å². The Morgan fingerprint density at radius 1 is 1.56 bits per heavy atom. The summed E-state index contributed by atoms with van der Waals surface area (Å²) in [5.41, 5.74) is -0.174. The van der Waals surface area contributed by atoms with Crippen molar-refractivity contribution in [1.82, 2.24) is 14.8 Å². The number of nitrogens with zero attached hydrogens (tertiary/aromatic N) is 2. The van der Waals surface area contributed by atoms with Gasteiger partial charge in [0, 0.05) is 24.6 Å². The maximum atomic E-state index is 11.3. The summed E-state index contributed by atoms with van der Waals surface area (Å²) in [5.74, 6) is 0.324. The summed E-state index contributed by atoms with van der Waals surface area (Å²) in [4.78, 5) is 22.7. The topological polar surface area (TPSA) is 67.8 Å². The lowest BCUT2D eigenvalue weighted by Gasteiger charge is -2.19. The molecule has 16 heavy (non-hydrogen) atoms. The van der Waals surface area contributed by atoms with E-state index in [1.165, 1.54) is 0 Å². The van der Waals surface area contributed by atoms with Crippen LogP contribution in [0.25, 0.3) is 0 Å². The Kier molecular flexibility index (Phi) is 3.48. The molecule has 1 atom stereocenters. The second kappa shape index (κ2) is 4.86. The van der Waals surface area contributed by atoms with Crippen LogP contribution < -0.4 is 5.69 Å². The second-order valence-corrected chi connectivity index (χ2v) is 5.20. The molecule has 1 aromatic rings. The summed E-state index contributed by atoms with van der Waals surface area (Å²) >= 11 is 1.54. The van der Waals surface area contributed by atoms with Crippen LogP contribution in [0.3, 0.4) is 0 Å². The van der Waals surface area contributed by atoms with Crippen molar-refractivity contribution in [2.24, 2.45) is 0 Å². The van der Waals surface area contributed by atoms with Gasteiger partial charge in [0.15, 0.2) is 5.16 Å². The predicted molar refractivity (Wildman–Crippen MR) is 61.6 cm³/mol. The zero-order valence-electron chi connectivity index (χ0n) is 9.23. The number of H-pyrrole nitrogens is 1. The third-order valence-corrected chi connectivity index (χ3v) is 4.01. The van der Waals surface area contributed by atoms with Crippen LogP contribution in [0.4, 0.5) is 0 Å². The van der Waals surface area contributed by atoms with Gasteiger partial charge in [-0.25, -0.2) is 9.89 Å². The first kappa shape index (κ1) is 11.4. The van der Waals surface area contributed by atoms with Gasteiger partial charge in [-0.3, -0.25) is 9.36 Å². The van der Waals surface area contributed by atoms with Gasteiger partial charge in [0.25, 0.3) is 0 Å². The normalized spacial score (nSPS) is 21.3. The molecular formula is C10H15N3O2S. The summed E-state index contributed by atoms with van der Waals surface area (Å²) in [6.07, 6.45) is 3.30. The van der Waals surface area contributed by atoms with E-state index in [4.69, 9.17) is 0 Å². The molecule has 88 valence electrons. The van der Waals surface area contributed by atoms with Crippen LogP contribution in [-0.2, 0) is 11.3 Å². The Balaban J connectivity index is 2.08. The maximum Gasteiger partial charge on any atom is 0.343 e. The molecule has 0 amide bonds. The lowest BCUT2D eigenvalue weighted by molar-refractivity contribution is -0.120. The van der Waals surface area contributed by atoms with Gasteiger partial charge >= 0.3 is 5.69 Å². The van der Waals surface area contributed by atoms with E-state index in [-0.39, 0.29) is 10.9 Å². The van der Waals surface area contributed by atoms with E-state index < -0.39 is 0 Å². The number of rotatable bonds is 3. The molecule has 0 aliphatic heterocycles. The number of Topliss-reactive ketones (excluding diaryl/α,β-unsaturated/α-hetero) is 1. The van der Waals surface area contributed by atoms with Gasteiger partial charge < -0.3 is 0 Å². The Labute approximate surface area is 97.6 Å². The lowest BCUT2D eigenvalue weighted by Crippen LogP contribution is -2.19. The van der Waals surface area contributed by atoms with Crippen molar-refractivity contribution < 1.29 is 4.79 Å². The highest BCUT2D eigenvalue weighted by molar-refractivity contribution is 7.99. The van der Waals surface area contributed by atoms with Crippen molar-refractivity contribution in [1.29, 1.82) is 0 Å². The number of aromatic nitrogens is 3. The highest BCUT2D eigenvalue weighted by Gasteiger charge is 2.22. The first-order valence-electron chi connectivity index (χ1n) is 5.54. The molecule has 1 aliphatic carbocycles. The Morgan fingerprint density at radius 2 is 2.38 bits per heavy atom. The second-order valence-electron chi connectivity index (χ2n) is 3.93. The summed E-state index contributed by atoms with van der Waals surface area (Å²) in [6.45, 7) is 2.52. The number of hydrogen-bond donors (Lipinski definition) is 1.